The lowest BCUT2D eigenvalue weighted by atomic mass is 10.1. The standard InChI is InChI=1S/C14H25N5O/c1-2-3-13(12-15)18-9-6-17(7-10-18)8-11-19-5-4-16-14(19)20/h13H,2-11H2,1H3,(H,16,20). The van der Waals surface area contributed by atoms with E-state index in [1.807, 2.05) is 4.90 Å². The molecule has 0 bridgehead atoms. The molecule has 0 aromatic carbocycles. The van der Waals surface area contributed by atoms with Gasteiger partial charge in [-0.05, 0) is 6.42 Å². The van der Waals surface area contributed by atoms with Gasteiger partial charge in [-0.3, -0.25) is 9.80 Å². The molecule has 0 aromatic rings. The van der Waals surface area contributed by atoms with E-state index in [1.54, 1.807) is 0 Å². The summed E-state index contributed by atoms with van der Waals surface area (Å²) in [7, 11) is 0. The summed E-state index contributed by atoms with van der Waals surface area (Å²) >= 11 is 0. The Balaban J connectivity index is 1.69. The Morgan fingerprint density at radius 1 is 1.25 bits per heavy atom. The normalized spacial score (nSPS) is 22.6. The fourth-order valence-electron chi connectivity index (χ4n) is 2.89. The Bertz CT molecular complexity index is 359. The van der Waals surface area contributed by atoms with E-state index in [-0.39, 0.29) is 12.1 Å². The van der Waals surface area contributed by atoms with Gasteiger partial charge in [-0.15, -0.1) is 0 Å². The van der Waals surface area contributed by atoms with Gasteiger partial charge in [0.2, 0.25) is 0 Å². The van der Waals surface area contributed by atoms with E-state index in [4.69, 9.17) is 0 Å². The van der Waals surface area contributed by atoms with Crippen LogP contribution in [0.3, 0.4) is 0 Å². The fraction of sp³-hybridized carbons (Fsp3) is 0.857. The molecule has 1 atom stereocenters. The first kappa shape index (κ1) is 15.1. The summed E-state index contributed by atoms with van der Waals surface area (Å²) in [4.78, 5) is 18.0. The fourth-order valence-corrected chi connectivity index (χ4v) is 2.89. The third-order valence-corrected chi connectivity index (χ3v) is 4.19. The second-order valence-electron chi connectivity index (χ2n) is 5.53. The molecule has 0 saturated carbocycles. The van der Waals surface area contributed by atoms with Crippen LogP contribution in [0.15, 0.2) is 0 Å². The van der Waals surface area contributed by atoms with Crippen molar-refractivity contribution >= 4 is 6.03 Å². The molecule has 2 aliphatic heterocycles. The molecule has 2 amide bonds. The maximum absolute atomic E-state index is 11.5. The number of rotatable bonds is 6. The second-order valence-corrected chi connectivity index (χ2v) is 5.53. The monoisotopic (exact) mass is 279 g/mol. The molecule has 2 rings (SSSR count). The van der Waals surface area contributed by atoms with Gasteiger partial charge in [0.15, 0.2) is 0 Å². The van der Waals surface area contributed by atoms with Crippen molar-refractivity contribution in [2.45, 2.75) is 25.8 Å². The van der Waals surface area contributed by atoms with E-state index in [0.29, 0.717) is 0 Å². The Kier molecular flexibility index (Phi) is 5.62. The van der Waals surface area contributed by atoms with Gasteiger partial charge in [0.25, 0.3) is 0 Å². The van der Waals surface area contributed by atoms with Crippen LogP contribution in [0.1, 0.15) is 19.8 Å². The summed E-state index contributed by atoms with van der Waals surface area (Å²) < 4.78 is 0. The summed E-state index contributed by atoms with van der Waals surface area (Å²) in [5, 5.41) is 12.0. The minimum absolute atomic E-state index is 0.0659. The average Bonchev–Trinajstić information content (AvgIpc) is 2.89. The lowest BCUT2D eigenvalue weighted by Crippen LogP contribution is -2.51. The molecule has 0 aromatic heterocycles. The number of nitrogens with zero attached hydrogens (tertiary/aromatic N) is 4. The Morgan fingerprint density at radius 2 is 2.00 bits per heavy atom. The maximum Gasteiger partial charge on any atom is 0.317 e. The third-order valence-electron chi connectivity index (χ3n) is 4.19. The summed E-state index contributed by atoms with van der Waals surface area (Å²) in [5.41, 5.74) is 0. The molecule has 0 aliphatic carbocycles. The number of urea groups is 1. The number of carbonyl (C=O) groups excluding carboxylic acids is 1. The lowest BCUT2D eigenvalue weighted by molar-refractivity contribution is 0.105. The lowest BCUT2D eigenvalue weighted by Gasteiger charge is -2.37. The SMILES string of the molecule is CCCC(C#N)N1CCN(CCN2CCNC2=O)CC1. The third kappa shape index (κ3) is 3.84. The van der Waals surface area contributed by atoms with E-state index in [9.17, 15) is 10.1 Å². The first-order chi connectivity index (χ1) is 9.74. The summed E-state index contributed by atoms with van der Waals surface area (Å²) in [6.45, 7) is 9.39. The zero-order chi connectivity index (χ0) is 14.4. The Hall–Kier alpha value is -1.32. The number of hydrogen-bond acceptors (Lipinski definition) is 4. The molecular weight excluding hydrogens is 254 g/mol. The van der Waals surface area contributed by atoms with Crippen LogP contribution in [-0.2, 0) is 0 Å². The Labute approximate surface area is 121 Å². The quantitative estimate of drug-likeness (QED) is 0.761. The Morgan fingerprint density at radius 3 is 2.55 bits per heavy atom. The van der Waals surface area contributed by atoms with Gasteiger partial charge in [0, 0.05) is 52.4 Å². The highest BCUT2D eigenvalue weighted by molar-refractivity contribution is 5.76. The van der Waals surface area contributed by atoms with Gasteiger partial charge in [0.1, 0.15) is 0 Å². The molecule has 0 radical (unpaired) electrons. The number of amides is 2. The van der Waals surface area contributed by atoms with Crippen LogP contribution in [0.2, 0.25) is 0 Å². The molecular formula is C14H25N5O. The van der Waals surface area contributed by atoms with Crippen molar-refractivity contribution in [1.82, 2.24) is 20.0 Å². The first-order valence-electron chi connectivity index (χ1n) is 7.63. The molecule has 1 N–H and O–H groups in total. The molecule has 2 fully saturated rings. The predicted molar refractivity (Wildman–Crippen MR) is 77.3 cm³/mol. The molecule has 2 aliphatic rings. The van der Waals surface area contributed by atoms with Crippen molar-refractivity contribution in [2.24, 2.45) is 0 Å². The zero-order valence-corrected chi connectivity index (χ0v) is 12.3. The summed E-state index contributed by atoms with van der Waals surface area (Å²) in [6.07, 6.45) is 2.02. The van der Waals surface area contributed by atoms with Crippen LogP contribution in [-0.4, -0.2) is 79.1 Å². The number of piperazine rings is 1. The highest BCUT2D eigenvalue weighted by Gasteiger charge is 2.24. The molecule has 6 nitrogen and oxygen atoms in total. The van der Waals surface area contributed by atoms with Crippen molar-refractivity contribution in [3.05, 3.63) is 0 Å². The second kappa shape index (κ2) is 7.46. The number of nitriles is 1. The van der Waals surface area contributed by atoms with Crippen LogP contribution >= 0.6 is 0 Å². The smallest absolute Gasteiger partial charge is 0.317 e. The number of nitrogens with one attached hydrogen (secondary N) is 1. The van der Waals surface area contributed by atoms with Gasteiger partial charge in [-0.1, -0.05) is 13.3 Å². The van der Waals surface area contributed by atoms with E-state index in [2.05, 4.69) is 28.1 Å². The average molecular weight is 279 g/mol. The van der Waals surface area contributed by atoms with Gasteiger partial charge in [0.05, 0.1) is 12.1 Å². The summed E-state index contributed by atoms with van der Waals surface area (Å²) in [5.74, 6) is 0. The maximum atomic E-state index is 11.5. The molecule has 2 saturated heterocycles. The molecule has 6 heteroatoms. The highest BCUT2D eigenvalue weighted by atomic mass is 16.2. The number of carbonyl (C=O) groups is 1. The van der Waals surface area contributed by atoms with Crippen molar-refractivity contribution < 1.29 is 4.79 Å². The topological polar surface area (TPSA) is 62.6 Å². The zero-order valence-electron chi connectivity index (χ0n) is 12.3. The number of hydrogen-bond donors (Lipinski definition) is 1. The van der Waals surface area contributed by atoms with E-state index >= 15 is 0 Å². The predicted octanol–water partition coefficient (Wildman–Crippen LogP) is 0.321. The minimum Gasteiger partial charge on any atom is -0.336 e. The first-order valence-corrected chi connectivity index (χ1v) is 7.63. The van der Waals surface area contributed by atoms with E-state index in [0.717, 1.165) is 65.2 Å². The van der Waals surface area contributed by atoms with Crippen molar-refractivity contribution in [3.63, 3.8) is 0 Å². The van der Waals surface area contributed by atoms with E-state index < -0.39 is 0 Å². The molecule has 20 heavy (non-hydrogen) atoms. The van der Waals surface area contributed by atoms with Gasteiger partial charge in [-0.25, -0.2) is 4.79 Å². The molecule has 2 heterocycles. The van der Waals surface area contributed by atoms with Crippen molar-refractivity contribution in [3.8, 4) is 6.07 Å². The van der Waals surface area contributed by atoms with E-state index in [1.165, 1.54) is 0 Å². The summed E-state index contributed by atoms with van der Waals surface area (Å²) in [6, 6.07) is 2.56. The van der Waals surface area contributed by atoms with Crippen molar-refractivity contribution in [2.75, 3.05) is 52.4 Å². The minimum atomic E-state index is 0.0659. The van der Waals surface area contributed by atoms with Crippen molar-refractivity contribution in [1.29, 1.82) is 5.26 Å². The van der Waals surface area contributed by atoms with Crippen LogP contribution in [0.25, 0.3) is 0 Å². The van der Waals surface area contributed by atoms with Crippen LogP contribution < -0.4 is 5.32 Å². The van der Waals surface area contributed by atoms with Crippen LogP contribution in [0, 0.1) is 11.3 Å². The molecule has 112 valence electrons. The van der Waals surface area contributed by atoms with Crippen LogP contribution in [0.4, 0.5) is 4.79 Å². The van der Waals surface area contributed by atoms with Gasteiger partial charge in [-0.2, -0.15) is 5.26 Å². The molecule has 0 spiro atoms. The van der Waals surface area contributed by atoms with Gasteiger partial charge >= 0.3 is 6.03 Å². The van der Waals surface area contributed by atoms with Gasteiger partial charge < -0.3 is 10.2 Å². The highest BCUT2D eigenvalue weighted by Crippen LogP contribution is 2.10. The molecule has 1 unspecified atom stereocenters. The largest absolute Gasteiger partial charge is 0.336 e. The van der Waals surface area contributed by atoms with Crippen LogP contribution in [0.5, 0.6) is 0 Å².